The monoisotopic (exact) mass is 311 g/mol. The summed E-state index contributed by atoms with van der Waals surface area (Å²) >= 11 is 0. The lowest BCUT2D eigenvalue weighted by molar-refractivity contribution is -0.180. The number of hydrogen-bond acceptors (Lipinski definition) is 3. The van der Waals surface area contributed by atoms with Crippen molar-refractivity contribution in [1.29, 1.82) is 0 Å². The highest BCUT2D eigenvalue weighted by Gasteiger charge is 2.63. The molecule has 5 nitrogen and oxygen atoms in total. The van der Waals surface area contributed by atoms with Gasteiger partial charge in [-0.15, -0.1) is 0 Å². The van der Waals surface area contributed by atoms with Crippen LogP contribution in [0.5, 0.6) is 0 Å². The fraction of sp³-hybridized carbons (Fsp3) is 0.733. The van der Waals surface area contributed by atoms with Crippen LogP contribution in [-0.4, -0.2) is 42.6 Å². The molecule has 2 rings (SSSR count). The van der Waals surface area contributed by atoms with E-state index >= 15 is 0 Å². The summed E-state index contributed by atoms with van der Waals surface area (Å²) in [5.74, 6) is -1.40. The van der Waals surface area contributed by atoms with Crippen LogP contribution >= 0.6 is 0 Å². The van der Waals surface area contributed by atoms with Gasteiger partial charge in [0.05, 0.1) is 17.6 Å². The Labute approximate surface area is 127 Å². The van der Waals surface area contributed by atoms with Crippen molar-refractivity contribution in [3.8, 4) is 0 Å². The van der Waals surface area contributed by atoms with E-state index in [9.17, 15) is 9.59 Å². The molecular weight excluding hydrogens is 286 g/mol. The van der Waals surface area contributed by atoms with Gasteiger partial charge in [0.25, 0.3) is 0 Å². The third-order valence-electron chi connectivity index (χ3n) is 4.81. The highest BCUT2D eigenvalue weighted by molar-refractivity contribution is 6.48. The van der Waals surface area contributed by atoms with E-state index < -0.39 is 20.6 Å². The van der Waals surface area contributed by atoms with Crippen molar-refractivity contribution in [3.05, 3.63) is 11.8 Å². The van der Waals surface area contributed by atoms with Gasteiger partial charge in [0.15, 0.2) is 9.04 Å². The quantitative estimate of drug-likeness (QED) is 0.637. The molecule has 2 heterocycles. The Morgan fingerprint density at radius 2 is 1.95 bits per heavy atom. The molecule has 0 saturated carbocycles. The van der Waals surface area contributed by atoms with Crippen LogP contribution in [0.2, 0.25) is 13.1 Å². The second-order valence-corrected chi connectivity index (χ2v) is 9.74. The number of β-lactam (4-membered cyclic amide) rings is 1. The first-order valence-electron chi connectivity index (χ1n) is 7.45. The summed E-state index contributed by atoms with van der Waals surface area (Å²) in [5, 5.41) is 9.16. The molecule has 0 spiro atoms. The maximum atomic E-state index is 12.6. The van der Waals surface area contributed by atoms with Gasteiger partial charge >= 0.3 is 5.97 Å². The fourth-order valence-corrected chi connectivity index (χ4v) is 4.89. The van der Waals surface area contributed by atoms with Crippen LogP contribution in [0.25, 0.3) is 0 Å². The number of amides is 1. The number of nitrogens with zero attached hydrogens (tertiary/aromatic N) is 1. The largest absolute Gasteiger partial charge is 0.477 e. The molecule has 1 amide bonds. The maximum absolute atomic E-state index is 12.6. The van der Waals surface area contributed by atoms with E-state index in [-0.39, 0.29) is 29.0 Å². The predicted molar refractivity (Wildman–Crippen MR) is 82.3 cm³/mol. The number of fused-ring (bicyclic) bond motifs is 1. The van der Waals surface area contributed by atoms with E-state index in [0.29, 0.717) is 6.42 Å². The van der Waals surface area contributed by atoms with Crippen molar-refractivity contribution in [1.82, 2.24) is 4.90 Å². The van der Waals surface area contributed by atoms with Crippen molar-refractivity contribution < 1.29 is 19.1 Å². The summed E-state index contributed by atoms with van der Waals surface area (Å²) < 4.78 is 6.30. The van der Waals surface area contributed by atoms with Crippen LogP contribution in [-0.2, 0) is 14.0 Å². The smallest absolute Gasteiger partial charge is 0.352 e. The van der Waals surface area contributed by atoms with Gasteiger partial charge in [-0.25, -0.2) is 4.79 Å². The lowest BCUT2D eigenvalue weighted by Gasteiger charge is -2.57. The number of rotatable bonds is 4. The van der Waals surface area contributed by atoms with Gasteiger partial charge in [-0.2, -0.15) is 0 Å². The van der Waals surface area contributed by atoms with Gasteiger partial charge in [0.2, 0.25) is 5.91 Å². The van der Waals surface area contributed by atoms with Crippen molar-refractivity contribution in [2.45, 2.75) is 58.9 Å². The van der Waals surface area contributed by atoms with Crippen molar-refractivity contribution >= 4 is 20.9 Å². The van der Waals surface area contributed by atoms with E-state index in [1.807, 2.05) is 6.92 Å². The molecule has 2 aliphatic rings. The molecule has 1 fully saturated rings. The molecule has 1 saturated heterocycles. The molecule has 0 radical (unpaired) electrons. The number of hydrogen-bond donors (Lipinski definition) is 1. The van der Waals surface area contributed by atoms with E-state index in [1.54, 1.807) is 6.08 Å². The van der Waals surface area contributed by atoms with Gasteiger partial charge < -0.3 is 14.4 Å². The zero-order valence-corrected chi connectivity index (χ0v) is 14.8. The Bertz CT molecular complexity index is 508. The summed E-state index contributed by atoms with van der Waals surface area (Å²) in [7, 11) is -1.34. The summed E-state index contributed by atoms with van der Waals surface area (Å²) in [6.45, 7) is 12.5. The minimum Gasteiger partial charge on any atom is -0.477 e. The lowest BCUT2D eigenvalue weighted by atomic mass is 9.63. The van der Waals surface area contributed by atoms with Crippen molar-refractivity contribution in [2.24, 2.45) is 11.3 Å². The predicted octanol–water partition coefficient (Wildman–Crippen LogP) is 1.99. The Morgan fingerprint density at radius 3 is 2.38 bits per heavy atom. The molecule has 118 valence electrons. The zero-order chi connectivity index (χ0) is 16.2. The molecule has 0 aromatic heterocycles. The summed E-state index contributed by atoms with van der Waals surface area (Å²) in [6, 6.07) is -0.0689. The SMILES string of the molecule is C[SiH](C)O[C@](C)(C1C(=O)N2C(C(=O)O)=CCC12)C(C)(C)C. The Balaban J connectivity index is 2.30. The average molecular weight is 311 g/mol. The molecule has 2 aliphatic heterocycles. The van der Waals surface area contributed by atoms with Crippen LogP contribution in [0.15, 0.2) is 11.8 Å². The van der Waals surface area contributed by atoms with E-state index in [4.69, 9.17) is 9.53 Å². The number of carbonyl (C=O) groups excluding carboxylic acids is 1. The summed E-state index contributed by atoms with van der Waals surface area (Å²) in [6.07, 6.45) is 2.26. The molecule has 0 bridgehead atoms. The van der Waals surface area contributed by atoms with Gasteiger partial charge in [-0.05, 0) is 31.9 Å². The van der Waals surface area contributed by atoms with Crippen LogP contribution in [0, 0.1) is 11.3 Å². The molecule has 21 heavy (non-hydrogen) atoms. The van der Waals surface area contributed by atoms with Crippen LogP contribution in [0.3, 0.4) is 0 Å². The van der Waals surface area contributed by atoms with Crippen LogP contribution in [0.4, 0.5) is 0 Å². The normalized spacial score (nSPS) is 28.0. The summed E-state index contributed by atoms with van der Waals surface area (Å²) in [5.41, 5.74) is -0.630. The van der Waals surface area contributed by atoms with Crippen molar-refractivity contribution in [3.63, 3.8) is 0 Å². The molecule has 0 aliphatic carbocycles. The molecule has 0 aromatic carbocycles. The van der Waals surface area contributed by atoms with Gasteiger partial charge in [0, 0.05) is 0 Å². The van der Waals surface area contributed by atoms with Gasteiger partial charge in [-0.1, -0.05) is 26.8 Å². The number of carboxylic acid groups (broad SMARTS) is 1. The minimum atomic E-state index is -1.34. The Hall–Kier alpha value is -1.14. The fourth-order valence-electron chi connectivity index (χ4n) is 3.41. The molecule has 6 heteroatoms. The van der Waals surface area contributed by atoms with Crippen LogP contribution < -0.4 is 0 Å². The third kappa shape index (κ3) is 2.34. The average Bonchev–Trinajstić information content (AvgIpc) is 2.65. The van der Waals surface area contributed by atoms with Crippen molar-refractivity contribution in [2.75, 3.05) is 0 Å². The molecular formula is C15H25NO4Si. The first kappa shape index (κ1) is 16.2. The lowest BCUT2D eigenvalue weighted by Crippen LogP contribution is -2.70. The van der Waals surface area contributed by atoms with Gasteiger partial charge in [0.1, 0.15) is 5.70 Å². The second-order valence-electron chi connectivity index (χ2n) is 7.41. The molecule has 2 unspecified atom stereocenters. The van der Waals surface area contributed by atoms with Gasteiger partial charge in [-0.3, -0.25) is 4.79 Å². The topological polar surface area (TPSA) is 66.8 Å². The van der Waals surface area contributed by atoms with E-state index in [0.717, 1.165) is 0 Å². The maximum Gasteiger partial charge on any atom is 0.352 e. The number of aliphatic carboxylic acids is 1. The van der Waals surface area contributed by atoms with Crippen LogP contribution in [0.1, 0.15) is 34.1 Å². The molecule has 3 atom stereocenters. The highest BCUT2D eigenvalue weighted by atomic mass is 28.3. The standard InChI is InChI=1S/C15H25NO4Si/c1-14(2,3)15(4,20-21(5)6)11-9-7-8-10(13(18)19)16(9)12(11)17/h8-9,11,21H,7H2,1-6H3,(H,18,19)/t9?,11?,15-/m1/s1. The molecule has 0 aromatic rings. The van der Waals surface area contributed by atoms with E-state index in [2.05, 4.69) is 33.9 Å². The molecule has 1 N–H and O–H groups in total. The summed E-state index contributed by atoms with van der Waals surface area (Å²) in [4.78, 5) is 25.2. The Kier molecular flexibility index (Phi) is 3.83. The third-order valence-corrected chi connectivity index (χ3v) is 5.78. The first-order chi connectivity index (χ1) is 9.50. The first-order valence-corrected chi connectivity index (χ1v) is 10.2. The number of carboxylic acids is 1. The number of carbonyl (C=O) groups is 2. The Morgan fingerprint density at radius 1 is 1.38 bits per heavy atom. The minimum absolute atomic E-state index is 0.0689. The highest BCUT2D eigenvalue weighted by Crippen LogP contribution is 2.51. The zero-order valence-electron chi connectivity index (χ0n) is 13.6. The van der Waals surface area contributed by atoms with E-state index in [1.165, 1.54) is 4.90 Å². The second kappa shape index (κ2) is 4.95.